The minimum atomic E-state index is -0.413. The Bertz CT molecular complexity index is 1240. The molecule has 0 bridgehead atoms. The number of amides is 1. The number of hydrogen-bond donors (Lipinski definition) is 1. The van der Waals surface area contributed by atoms with Gasteiger partial charge in [-0.15, -0.1) is 0 Å². The van der Waals surface area contributed by atoms with Gasteiger partial charge < -0.3 is 0 Å². The molecule has 0 saturated heterocycles. The van der Waals surface area contributed by atoms with Gasteiger partial charge in [-0.1, -0.05) is 18.2 Å². The van der Waals surface area contributed by atoms with Crippen molar-refractivity contribution >= 4 is 17.3 Å². The second-order valence-corrected chi connectivity index (χ2v) is 6.16. The molecule has 4 rings (SSSR count). The second-order valence-electron chi connectivity index (χ2n) is 6.16. The number of fused-ring (bicyclic) bond motifs is 1. The van der Waals surface area contributed by atoms with E-state index < -0.39 is 5.91 Å². The Hall–Kier alpha value is -3.54. The molecule has 26 heavy (non-hydrogen) atoms. The lowest BCUT2D eigenvalue weighted by molar-refractivity contribution is -0.112. The van der Waals surface area contributed by atoms with Crippen molar-refractivity contribution in [2.24, 2.45) is 4.99 Å². The van der Waals surface area contributed by atoms with Crippen LogP contribution in [0.15, 0.2) is 58.3 Å². The van der Waals surface area contributed by atoms with Gasteiger partial charge in [0.15, 0.2) is 5.78 Å². The first-order valence-electron chi connectivity index (χ1n) is 8.13. The Morgan fingerprint density at radius 2 is 1.73 bits per heavy atom. The van der Waals surface area contributed by atoms with Gasteiger partial charge in [0.1, 0.15) is 0 Å². The van der Waals surface area contributed by atoms with Gasteiger partial charge in [0.2, 0.25) is 0 Å². The minimum Gasteiger partial charge on any atom is -0.295 e. The molecule has 2 aromatic carbocycles. The Morgan fingerprint density at radius 3 is 2.42 bits per heavy atom. The number of carbonyl (C=O) groups is 2. The Balaban J connectivity index is 1.92. The van der Waals surface area contributed by atoms with E-state index in [0.29, 0.717) is 38.7 Å². The Morgan fingerprint density at radius 1 is 1.04 bits per heavy atom. The van der Waals surface area contributed by atoms with Crippen LogP contribution in [0.1, 0.15) is 28.5 Å². The maximum absolute atomic E-state index is 13.0. The van der Waals surface area contributed by atoms with E-state index in [4.69, 9.17) is 0 Å². The molecule has 6 heteroatoms. The van der Waals surface area contributed by atoms with Crippen LogP contribution in [0.4, 0.5) is 0 Å². The van der Waals surface area contributed by atoms with Gasteiger partial charge in [-0.25, -0.2) is 9.67 Å². The van der Waals surface area contributed by atoms with Gasteiger partial charge in [0.25, 0.3) is 11.5 Å². The van der Waals surface area contributed by atoms with E-state index in [-0.39, 0.29) is 11.3 Å². The molecule has 1 aromatic heterocycles. The van der Waals surface area contributed by atoms with E-state index in [9.17, 15) is 14.4 Å². The van der Waals surface area contributed by atoms with Crippen molar-refractivity contribution in [1.29, 1.82) is 0 Å². The fourth-order valence-corrected chi connectivity index (χ4v) is 3.17. The summed E-state index contributed by atoms with van der Waals surface area (Å²) in [5.41, 5.74) is 2.05. The molecule has 0 unspecified atom stereocenters. The largest absolute Gasteiger partial charge is 0.295 e. The summed E-state index contributed by atoms with van der Waals surface area (Å²) in [5.74, 6) is -0.456. The highest BCUT2D eigenvalue weighted by atomic mass is 16.2. The number of benzene rings is 2. The van der Waals surface area contributed by atoms with Gasteiger partial charge in [0.05, 0.1) is 22.2 Å². The van der Waals surface area contributed by atoms with Crippen LogP contribution in [0.2, 0.25) is 0 Å². The predicted octanol–water partition coefficient (Wildman–Crippen LogP) is 1.04. The maximum Gasteiger partial charge on any atom is 0.279 e. The van der Waals surface area contributed by atoms with Crippen LogP contribution in [0.3, 0.4) is 0 Å². The Labute approximate surface area is 148 Å². The van der Waals surface area contributed by atoms with Gasteiger partial charge in [0, 0.05) is 16.5 Å². The van der Waals surface area contributed by atoms with E-state index in [1.807, 2.05) is 6.07 Å². The summed E-state index contributed by atoms with van der Waals surface area (Å²) in [6, 6.07) is 13.9. The second kappa shape index (κ2) is 5.77. The number of aryl methyl sites for hydroxylation is 1. The molecular weight excluding hydrogens is 330 g/mol. The third-order valence-electron chi connectivity index (χ3n) is 4.46. The summed E-state index contributed by atoms with van der Waals surface area (Å²) in [6.45, 7) is 3.24. The van der Waals surface area contributed by atoms with Crippen molar-refractivity contribution in [1.82, 2.24) is 9.78 Å². The minimum absolute atomic E-state index is 0.0439. The summed E-state index contributed by atoms with van der Waals surface area (Å²) >= 11 is 0. The third-order valence-corrected chi connectivity index (χ3v) is 4.46. The molecule has 0 saturated carbocycles. The normalized spacial score (nSPS) is 12.8. The fraction of sp³-hybridized carbons (Fsp3) is 0.100. The zero-order chi connectivity index (χ0) is 18.4. The van der Waals surface area contributed by atoms with Crippen LogP contribution in [0.25, 0.3) is 11.3 Å². The zero-order valence-electron chi connectivity index (χ0n) is 14.2. The summed E-state index contributed by atoms with van der Waals surface area (Å²) in [5, 5.41) is 4.25. The van der Waals surface area contributed by atoms with Gasteiger partial charge >= 0.3 is 0 Å². The summed E-state index contributed by atoms with van der Waals surface area (Å²) in [7, 11) is 0. The molecule has 1 amide bonds. The number of ketones is 1. The third kappa shape index (κ3) is 2.35. The number of nitrogens with zero attached hydrogens (tertiary/aromatic N) is 2. The highest BCUT2D eigenvalue weighted by Gasteiger charge is 2.25. The van der Waals surface area contributed by atoms with Crippen molar-refractivity contribution in [3.63, 3.8) is 0 Å². The number of hydrogen-bond acceptors (Lipinski definition) is 3. The quantitative estimate of drug-likeness (QED) is 0.720. The van der Waals surface area contributed by atoms with Crippen LogP contribution >= 0.6 is 0 Å². The molecule has 0 atom stereocenters. The van der Waals surface area contributed by atoms with Crippen LogP contribution in [-0.2, 0) is 4.79 Å². The lowest BCUT2D eigenvalue weighted by atomic mass is 10.0. The molecule has 0 spiro atoms. The van der Waals surface area contributed by atoms with Gasteiger partial charge in [-0.05, 0) is 44.2 Å². The van der Waals surface area contributed by atoms with Crippen LogP contribution < -0.4 is 16.1 Å². The topological polar surface area (TPSA) is 84.3 Å². The Kier molecular flexibility index (Phi) is 3.54. The van der Waals surface area contributed by atoms with Crippen molar-refractivity contribution in [2.45, 2.75) is 13.8 Å². The van der Waals surface area contributed by atoms with E-state index in [1.54, 1.807) is 49.4 Å². The number of para-hydroxylation sites is 1. The number of carbonyl (C=O) groups excluding carboxylic acids is 2. The number of aromatic amines is 1. The molecule has 1 aliphatic rings. The first kappa shape index (κ1) is 16.0. The number of nitrogens with one attached hydrogen (secondary N) is 1. The van der Waals surface area contributed by atoms with E-state index in [0.717, 1.165) is 0 Å². The van der Waals surface area contributed by atoms with Crippen molar-refractivity contribution in [3.8, 4) is 5.69 Å². The number of H-pyrrole nitrogens is 1. The van der Waals surface area contributed by atoms with E-state index in [1.165, 1.54) is 11.6 Å². The number of rotatable bonds is 3. The molecule has 0 fully saturated rings. The average molecular weight is 345 g/mol. The average Bonchev–Trinajstić information content (AvgIpc) is 3.10. The summed E-state index contributed by atoms with van der Waals surface area (Å²) in [6.07, 6.45) is 0. The lowest BCUT2D eigenvalue weighted by Crippen LogP contribution is -2.25. The van der Waals surface area contributed by atoms with Crippen molar-refractivity contribution in [3.05, 3.63) is 86.3 Å². The molecule has 0 aliphatic carbocycles. The van der Waals surface area contributed by atoms with Crippen LogP contribution in [0, 0.1) is 6.92 Å². The molecular formula is C20H15N3O3. The van der Waals surface area contributed by atoms with Gasteiger partial charge in [-0.2, -0.15) is 0 Å². The molecule has 6 nitrogen and oxygen atoms in total. The molecule has 3 aromatic rings. The number of aromatic nitrogens is 2. The SMILES string of the molecule is CC(=O)c1ccc(-n2[nH]c(C)c(C3=c4ccccc4=NC3=O)c2=O)cc1. The highest BCUT2D eigenvalue weighted by Crippen LogP contribution is 2.16. The molecule has 128 valence electrons. The predicted molar refractivity (Wildman–Crippen MR) is 95.9 cm³/mol. The van der Waals surface area contributed by atoms with E-state index >= 15 is 0 Å². The summed E-state index contributed by atoms with van der Waals surface area (Å²) in [4.78, 5) is 40.8. The van der Waals surface area contributed by atoms with Crippen LogP contribution in [-0.4, -0.2) is 21.5 Å². The smallest absolute Gasteiger partial charge is 0.279 e. The molecule has 1 aliphatic heterocycles. The van der Waals surface area contributed by atoms with Gasteiger partial charge in [-0.3, -0.25) is 19.5 Å². The first-order chi connectivity index (χ1) is 12.5. The first-order valence-corrected chi connectivity index (χ1v) is 8.13. The van der Waals surface area contributed by atoms with Crippen molar-refractivity contribution < 1.29 is 9.59 Å². The fourth-order valence-electron chi connectivity index (χ4n) is 3.17. The van der Waals surface area contributed by atoms with Crippen molar-refractivity contribution in [2.75, 3.05) is 0 Å². The monoisotopic (exact) mass is 345 g/mol. The highest BCUT2D eigenvalue weighted by molar-refractivity contribution is 6.21. The van der Waals surface area contributed by atoms with E-state index in [2.05, 4.69) is 10.1 Å². The standard InChI is InChI=1S/C20H15N3O3/c1-11-17(18-15-5-3-4-6-16(15)21-19(18)25)20(26)23(22-11)14-9-7-13(8-10-14)12(2)24/h3-10,22H,1-2H3. The maximum atomic E-state index is 13.0. The summed E-state index contributed by atoms with van der Waals surface area (Å²) < 4.78 is 1.37. The number of Topliss-reactive ketones (excluding diaryl/α,β-unsaturated/α-hetero) is 1. The molecule has 1 N–H and O–H groups in total. The molecule has 0 radical (unpaired) electrons. The van der Waals surface area contributed by atoms with Crippen LogP contribution in [0.5, 0.6) is 0 Å². The molecule has 2 heterocycles. The lowest BCUT2D eigenvalue weighted by Gasteiger charge is -2.02. The zero-order valence-corrected chi connectivity index (χ0v) is 14.2.